The zero-order valence-corrected chi connectivity index (χ0v) is 28.3. The first-order chi connectivity index (χ1) is 22.7. The maximum Gasteiger partial charge on any atom is 0.494 e. The van der Waals surface area contributed by atoms with Gasteiger partial charge in [-0.25, -0.2) is 4.98 Å². The third kappa shape index (κ3) is 4.74. The number of rotatable bonds is 4. The molecule has 0 atom stereocenters. The van der Waals surface area contributed by atoms with Crippen LogP contribution >= 0.6 is 22.7 Å². The summed E-state index contributed by atoms with van der Waals surface area (Å²) in [5.41, 5.74) is 7.18. The van der Waals surface area contributed by atoms with Gasteiger partial charge in [-0.15, -0.1) is 22.7 Å². The molecular weight excluding hydrogens is 613 g/mol. The molecule has 3 heterocycles. The fourth-order valence-electron chi connectivity index (χ4n) is 6.69. The van der Waals surface area contributed by atoms with Crippen molar-refractivity contribution in [2.75, 3.05) is 0 Å². The molecule has 0 N–H and O–H groups in total. The van der Waals surface area contributed by atoms with Gasteiger partial charge in [0, 0.05) is 31.1 Å². The smallest absolute Gasteiger partial charge is 0.399 e. The highest BCUT2D eigenvalue weighted by Crippen LogP contribution is 2.44. The molecule has 6 heteroatoms. The maximum absolute atomic E-state index is 6.46. The summed E-state index contributed by atoms with van der Waals surface area (Å²) in [6.45, 7) is 8.42. The van der Waals surface area contributed by atoms with Crippen LogP contribution in [0, 0.1) is 0 Å². The average molecular weight is 646 g/mol. The molecular formula is C41H32BNO2S2. The van der Waals surface area contributed by atoms with Crippen molar-refractivity contribution < 1.29 is 9.31 Å². The molecule has 0 spiro atoms. The van der Waals surface area contributed by atoms with Gasteiger partial charge >= 0.3 is 7.12 Å². The minimum atomic E-state index is -0.408. The van der Waals surface area contributed by atoms with Crippen molar-refractivity contribution >= 4 is 76.4 Å². The number of hydrogen-bond acceptors (Lipinski definition) is 5. The van der Waals surface area contributed by atoms with Gasteiger partial charge in [0.15, 0.2) is 0 Å². The highest BCUT2D eigenvalue weighted by Gasteiger charge is 2.51. The van der Waals surface area contributed by atoms with Gasteiger partial charge in [-0.1, -0.05) is 84.9 Å². The molecule has 3 nitrogen and oxygen atoms in total. The number of fused-ring (bicyclic) bond motifs is 6. The third-order valence-electron chi connectivity index (χ3n) is 9.92. The van der Waals surface area contributed by atoms with Gasteiger partial charge in [0.2, 0.25) is 0 Å². The lowest BCUT2D eigenvalue weighted by Gasteiger charge is -2.32. The summed E-state index contributed by atoms with van der Waals surface area (Å²) in [6.07, 6.45) is 0. The van der Waals surface area contributed by atoms with E-state index in [0.717, 1.165) is 21.6 Å². The first-order valence-corrected chi connectivity index (χ1v) is 17.7. The quantitative estimate of drug-likeness (QED) is 0.179. The van der Waals surface area contributed by atoms with Crippen LogP contribution in [0.2, 0.25) is 0 Å². The van der Waals surface area contributed by atoms with Crippen LogP contribution in [0.25, 0.3) is 74.0 Å². The Morgan fingerprint density at radius 3 is 2.15 bits per heavy atom. The van der Waals surface area contributed by atoms with Crippen LogP contribution in [0.1, 0.15) is 27.7 Å². The van der Waals surface area contributed by atoms with Crippen LogP contribution in [0.5, 0.6) is 0 Å². The van der Waals surface area contributed by atoms with Crippen molar-refractivity contribution in [3.63, 3.8) is 0 Å². The number of aromatic nitrogens is 1. The topological polar surface area (TPSA) is 31.4 Å². The molecule has 0 radical (unpaired) electrons. The zero-order valence-electron chi connectivity index (χ0n) is 26.7. The number of benzene rings is 6. The Morgan fingerprint density at radius 1 is 0.574 bits per heavy atom. The van der Waals surface area contributed by atoms with Crippen LogP contribution in [-0.4, -0.2) is 23.3 Å². The summed E-state index contributed by atoms with van der Waals surface area (Å²) in [6, 6.07) is 43.8. The van der Waals surface area contributed by atoms with E-state index in [1.807, 2.05) is 11.3 Å². The standard InChI is InChI=1S/C41H32BNO2S2/c1-40(2)41(3,4)45-42(44-40)30-18-20-35-33(24-30)37-31(15-10-16-36(37)46-35)28-21-27(25-11-6-5-7-12-25)22-29(23-28)39-43-34-19-17-26-13-8-9-14-32(26)38(34)47-39/h5-24H,1-4H3. The lowest BCUT2D eigenvalue weighted by molar-refractivity contribution is 0.00578. The van der Waals surface area contributed by atoms with Crippen molar-refractivity contribution in [2.24, 2.45) is 0 Å². The molecule has 1 aliphatic rings. The average Bonchev–Trinajstić information content (AvgIpc) is 3.75. The fourth-order valence-corrected chi connectivity index (χ4v) is 8.89. The van der Waals surface area contributed by atoms with Crippen LogP contribution < -0.4 is 5.46 Å². The number of thiophene rings is 1. The van der Waals surface area contributed by atoms with E-state index in [-0.39, 0.29) is 0 Å². The Labute approximate surface area is 282 Å². The molecule has 1 aliphatic heterocycles. The van der Waals surface area contributed by atoms with E-state index in [4.69, 9.17) is 14.3 Å². The first kappa shape index (κ1) is 28.9. The molecule has 47 heavy (non-hydrogen) atoms. The summed E-state index contributed by atoms with van der Waals surface area (Å²) < 4.78 is 16.7. The van der Waals surface area contributed by atoms with Gasteiger partial charge in [0.1, 0.15) is 5.01 Å². The lowest BCUT2D eigenvalue weighted by Crippen LogP contribution is -2.41. The second kappa shape index (κ2) is 10.6. The summed E-state index contributed by atoms with van der Waals surface area (Å²) >= 11 is 3.61. The van der Waals surface area contributed by atoms with E-state index < -0.39 is 18.3 Å². The summed E-state index contributed by atoms with van der Waals surface area (Å²) in [5, 5.41) is 6.01. The van der Waals surface area contributed by atoms with Gasteiger partial charge < -0.3 is 9.31 Å². The molecule has 1 fully saturated rings. The van der Waals surface area contributed by atoms with Crippen LogP contribution in [0.4, 0.5) is 0 Å². The van der Waals surface area contributed by atoms with E-state index in [1.54, 1.807) is 11.3 Å². The summed E-state index contributed by atoms with van der Waals surface area (Å²) in [5.74, 6) is 0. The second-order valence-electron chi connectivity index (χ2n) is 13.4. The Bertz CT molecular complexity index is 2480. The number of nitrogens with zero attached hydrogens (tertiary/aromatic N) is 1. The first-order valence-electron chi connectivity index (χ1n) is 16.0. The Kier molecular flexibility index (Phi) is 6.51. The predicted octanol–water partition coefficient (Wildman–Crippen LogP) is 11.1. The molecule has 0 saturated carbocycles. The van der Waals surface area contributed by atoms with E-state index in [2.05, 4.69) is 149 Å². The summed E-state index contributed by atoms with van der Waals surface area (Å²) in [7, 11) is -0.408. The minimum Gasteiger partial charge on any atom is -0.399 e. The van der Waals surface area contributed by atoms with E-state index in [9.17, 15) is 0 Å². The van der Waals surface area contributed by atoms with Crippen LogP contribution in [0.15, 0.2) is 121 Å². The molecule has 0 aliphatic carbocycles. The summed E-state index contributed by atoms with van der Waals surface area (Å²) in [4.78, 5) is 5.18. The normalized spacial score (nSPS) is 15.8. The SMILES string of the molecule is CC1(C)OB(c2ccc3sc4cccc(-c5cc(-c6ccccc6)cc(-c6nc7ccc8ccccc8c7s6)c5)c4c3c2)OC1(C)C. The van der Waals surface area contributed by atoms with Gasteiger partial charge in [-0.05, 0) is 97.2 Å². The minimum absolute atomic E-state index is 0.393. The molecule has 228 valence electrons. The van der Waals surface area contributed by atoms with E-state index >= 15 is 0 Å². The van der Waals surface area contributed by atoms with E-state index in [0.29, 0.717) is 0 Å². The number of thiazole rings is 1. The van der Waals surface area contributed by atoms with Gasteiger partial charge in [0.05, 0.1) is 21.4 Å². The largest absolute Gasteiger partial charge is 0.494 e. The van der Waals surface area contributed by atoms with Crippen molar-refractivity contribution in [3.05, 3.63) is 121 Å². The van der Waals surface area contributed by atoms with E-state index in [1.165, 1.54) is 57.9 Å². The maximum atomic E-state index is 6.46. The van der Waals surface area contributed by atoms with Crippen molar-refractivity contribution in [1.82, 2.24) is 4.98 Å². The zero-order chi connectivity index (χ0) is 31.9. The fraction of sp³-hybridized carbons (Fsp3) is 0.146. The monoisotopic (exact) mass is 645 g/mol. The van der Waals surface area contributed by atoms with Crippen LogP contribution in [-0.2, 0) is 9.31 Å². The van der Waals surface area contributed by atoms with Gasteiger partial charge in [0.25, 0.3) is 0 Å². The molecule has 8 aromatic rings. The lowest BCUT2D eigenvalue weighted by atomic mass is 9.78. The Hall–Kier alpha value is -4.33. The third-order valence-corrected chi connectivity index (χ3v) is 12.2. The molecule has 0 unspecified atom stereocenters. The van der Waals surface area contributed by atoms with Crippen molar-refractivity contribution in [2.45, 2.75) is 38.9 Å². The molecule has 1 saturated heterocycles. The van der Waals surface area contributed by atoms with Gasteiger partial charge in [-0.2, -0.15) is 0 Å². The highest BCUT2D eigenvalue weighted by molar-refractivity contribution is 7.26. The van der Waals surface area contributed by atoms with Crippen molar-refractivity contribution in [3.8, 4) is 32.8 Å². The molecule has 9 rings (SSSR count). The van der Waals surface area contributed by atoms with Crippen LogP contribution in [0.3, 0.4) is 0 Å². The highest BCUT2D eigenvalue weighted by atomic mass is 32.1. The van der Waals surface area contributed by atoms with Crippen molar-refractivity contribution in [1.29, 1.82) is 0 Å². The molecule has 6 aromatic carbocycles. The molecule has 0 bridgehead atoms. The molecule has 0 amide bonds. The predicted molar refractivity (Wildman–Crippen MR) is 202 cm³/mol. The second-order valence-corrected chi connectivity index (χ2v) is 15.5. The molecule has 2 aromatic heterocycles. The Morgan fingerprint density at radius 2 is 1.32 bits per heavy atom. The Balaban J connectivity index is 1.24. The van der Waals surface area contributed by atoms with Gasteiger partial charge in [-0.3, -0.25) is 0 Å². The number of hydrogen-bond donors (Lipinski definition) is 0.